The van der Waals surface area contributed by atoms with Crippen molar-refractivity contribution >= 4 is 23.1 Å². The van der Waals surface area contributed by atoms with Gasteiger partial charge in [0.25, 0.3) is 17.4 Å². The highest BCUT2D eigenvalue weighted by atomic mass is 19.1. The first kappa shape index (κ1) is 20.2. The third-order valence-electron chi connectivity index (χ3n) is 4.61. The number of benzene rings is 2. The van der Waals surface area contributed by atoms with Gasteiger partial charge in [-0.1, -0.05) is 12.1 Å². The maximum Gasteiger partial charge on any atom is 0.295 e. The Hall–Kier alpha value is -3.59. The van der Waals surface area contributed by atoms with Gasteiger partial charge in [0.15, 0.2) is 0 Å². The van der Waals surface area contributed by atoms with Gasteiger partial charge in [0, 0.05) is 31.4 Å². The number of rotatable bonds is 6. The van der Waals surface area contributed by atoms with Crippen LogP contribution in [-0.2, 0) is 14.3 Å². The summed E-state index contributed by atoms with van der Waals surface area (Å²) in [6, 6.07) is 9.24. The number of nitro groups is 1. The van der Waals surface area contributed by atoms with Gasteiger partial charge in [-0.3, -0.25) is 19.7 Å². The molecule has 1 unspecified atom stereocenters. The number of Topliss-reactive ketones (excluding diaryl/α,β-unsaturated/α-hetero) is 1. The summed E-state index contributed by atoms with van der Waals surface area (Å²) < 4.78 is 18.4. The number of aliphatic hydroxyl groups is 1. The molecule has 29 heavy (non-hydrogen) atoms. The molecule has 1 N–H and O–H groups in total. The predicted octanol–water partition coefficient (Wildman–Crippen LogP) is 2.80. The van der Waals surface area contributed by atoms with Crippen LogP contribution in [0.4, 0.5) is 10.1 Å². The first-order chi connectivity index (χ1) is 13.8. The molecule has 9 heteroatoms. The number of hydrogen-bond acceptors (Lipinski definition) is 6. The molecule has 1 fully saturated rings. The van der Waals surface area contributed by atoms with Crippen LogP contribution in [0.3, 0.4) is 0 Å². The van der Waals surface area contributed by atoms with E-state index in [2.05, 4.69) is 0 Å². The lowest BCUT2D eigenvalue weighted by Crippen LogP contribution is -2.32. The number of carbonyl (C=O) groups is 2. The molecule has 0 radical (unpaired) electrons. The first-order valence-corrected chi connectivity index (χ1v) is 8.62. The minimum absolute atomic E-state index is 0.0835. The fraction of sp³-hybridized carbons (Fsp3) is 0.200. The van der Waals surface area contributed by atoms with Crippen LogP contribution in [0.5, 0.6) is 0 Å². The number of carbonyl (C=O) groups excluding carboxylic acids is 2. The largest absolute Gasteiger partial charge is 0.507 e. The minimum Gasteiger partial charge on any atom is -0.507 e. The molecule has 1 atom stereocenters. The number of nitro benzene ring substituents is 1. The van der Waals surface area contributed by atoms with Crippen molar-refractivity contribution in [2.24, 2.45) is 0 Å². The average Bonchev–Trinajstić information content (AvgIpc) is 2.97. The monoisotopic (exact) mass is 400 g/mol. The van der Waals surface area contributed by atoms with Crippen molar-refractivity contribution in [2.45, 2.75) is 6.04 Å². The van der Waals surface area contributed by atoms with Gasteiger partial charge in [-0.05, 0) is 29.8 Å². The predicted molar refractivity (Wildman–Crippen MR) is 100 cm³/mol. The minimum atomic E-state index is -0.944. The first-order valence-electron chi connectivity index (χ1n) is 8.62. The molecule has 0 bridgehead atoms. The molecule has 150 valence electrons. The fourth-order valence-corrected chi connectivity index (χ4v) is 3.19. The maximum absolute atomic E-state index is 13.4. The molecule has 3 rings (SSSR count). The van der Waals surface area contributed by atoms with Crippen LogP contribution in [-0.4, -0.2) is 46.9 Å². The third kappa shape index (κ3) is 3.85. The second-order valence-corrected chi connectivity index (χ2v) is 6.34. The molecule has 0 aromatic heterocycles. The quantitative estimate of drug-likeness (QED) is 0.263. The number of non-ortho nitro benzene ring substituents is 1. The zero-order valence-corrected chi connectivity index (χ0v) is 15.4. The molecule has 1 aliphatic heterocycles. The van der Waals surface area contributed by atoms with E-state index in [0.29, 0.717) is 5.56 Å². The Morgan fingerprint density at radius 3 is 2.34 bits per heavy atom. The van der Waals surface area contributed by atoms with Gasteiger partial charge in [-0.25, -0.2) is 4.39 Å². The molecular weight excluding hydrogens is 383 g/mol. The van der Waals surface area contributed by atoms with E-state index >= 15 is 0 Å². The van der Waals surface area contributed by atoms with Crippen molar-refractivity contribution < 1.29 is 28.7 Å². The van der Waals surface area contributed by atoms with Gasteiger partial charge >= 0.3 is 0 Å². The van der Waals surface area contributed by atoms with Crippen molar-refractivity contribution in [3.05, 3.63) is 81.2 Å². The molecular formula is C20H17FN2O6. The lowest BCUT2D eigenvalue weighted by Gasteiger charge is -2.25. The van der Waals surface area contributed by atoms with E-state index < -0.39 is 34.2 Å². The number of aliphatic hydroxyl groups excluding tert-OH is 1. The Morgan fingerprint density at radius 2 is 1.79 bits per heavy atom. The number of ether oxygens (including phenoxy) is 1. The lowest BCUT2D eigenvalue weighted by atomic mass is 9.95. The van der Waals surface area contributed by atoms with Crippen LogP contribution in [0.2, 0.25) is 0 Å². The van der Waals surface area contributed by atoms with E-state index in [1.165, 1.54) is 60.5 Å². The highest BCUT2D eigenvalue weighted by molar-refractivity contribution is 6.46. The van der Waals surface area contributed by atoms with Gasteiger partial charge in [-0.15, -0.1) is 0 Å². The van der Waals surface area contributed by atoms with Crippen LogP contribution in [0.1, 0.15) is 17.2 Å². The van der Waals surface area contributed by atoms with E-state index in [1.807, 2.05) is 0 Å². The number of likely N-dealkylation sites (tertiary alicyclic amines) is 1. The van der Waals surface area contributed by atoms with Crippen LogP contribution in [0, 0.1) is 15.9 Å². The van der Waals surface area contributed by atoms with Crippen molar-refractivity contribution in [1.29, 1.82) is 0 Å². The van der Waals surface area contributed by atoms with Crippen LogP contribution in [0.15, 0.2) is 54.1 Å². The average molecular weight is 400 g/mol. The molecule has 0 aliphatic carbocycles. The van der Waals surface area contributed by atoms with E-state index in [9.17, 15) is 29.2 Å². The lowest BCUT2D eigenvalue weighted by molar-refractivity contribution is -0.384. The Kier molecular flexibility index (Phi) is 5.69. The van der Waals surface area contributed by atoms with Crippen LogP contribution >= 0.6 is 0 Å². The number of nitrogens with zero attached hydrogens (tertiary/aromatic N) is 2. The summed E-state index contributed by atoms with van der Waals surface area (Å²) in [4.78, 5) is 36.7. The van der Waals surface area contributed by atoms with Gasteiger partial charge in [0.2, 0.25) is 0 Å². The molecule has 1 amide bonds. The molecule has 1 aliphatic rings. The summed E-state index contributed by atoms with van der Waals surface area (Å²) >= 11 is 0. The van der Waals surface area contributed by atoms with E-state index in [-0.39, 0.29) is 30.0 Å². The molecule has 0 saturated carbocycles. The Balaban J connectivity index is 2.12. The molecule has 1 heterocycles. The Bertz CT molecular complexity index is 985. The van der Waals surface area contributed by atoms with Crippen LogP contribution in [0.25, 0.3) is 5.76 Å². The zero-order valence-electron chi connectivity index (χ0n) is 15.4. The zero-order chi connectivity index (χ0) is 21.1. The fourth-order valence-electron chi connectivity index (χ4n) is 3.19. The Morgan fingerprint density at radius 1 is 1.17 bits per heavy atom. The summed E-state index contributed by atoms with van der Waals surface area (Å²) in [6.45, 7) is 0.239. The molecule has 2 aromatic rings. The van der Waals surface area contributed by atoms with Gasteiger partial charge < -0.3 is 14.7 Å². The topological polar surface area (TPSA) is 110 Å². The van der Waals surface area contributed by atoms with Crippen molar-refractivity contribution in [2.75, 3.05) is 20.3 Å². The third-order valence-corrected chi connectivity index (χ3v) is 4.61. The number of halogens is 1. The summed E-state index contributed by atoms with van der Waals surface area (Å²) in [6.07, 6.45) is 0. The van der Waals surface area contributed by atoms with E-state index in [1.54, 1.807) is 0 Å². The number of hydrogen-bond donors (Lipinski definition) is 1. The standard InChI is InChI=1S/C20H17FN2O6/c1-29-11-10-22-17(12-2-6-14(21)7-3-12)16(19(25)20(22)26)18(24)13-4-8-15(9-5-13)23(27)28/h2-9,17,24H,10-11H2,1H3/b18-16-. The van der Waals surface area contributed by atoms with E-state index in [4.69, 9.17) is 4.74 Å². The van der Waals surface area contributed by atoms with Gasteiger partial charge in [0.1, 0.15) is 11.6 Å². The Labute approximate surface area is 165 Å². The number of methoxy groups -OCH3 is 1. The van der Waals surface area contributed by atoms with Gasteiger partial charge in [-0.2, -0.15) is 0 Å². The summed E-state index contributed by atoms with van der Waals surface area (Å²) in [5, 5.41) is 21.6. The number of ketones is 1. The second-order valence-electron chi connectivity index (χ2n) is 6.34. The SMILES string of the molecule is COCCN1C(=O)C(=O)/C(=C(\O)c2ccc([N+](=O)[O-])cc2)C1c1ccc(F)cc1. The van der Waals surface area contributed by atoms with Gasteiger partial charge in [0.05, 0.1) is 23.1 Å². The summed E-state index contributed by atoms with van der Waals surface area (Å²) in [5.74, 6) is -2.67. The van der Waals surface area contributed by atoms with Crippen molar-refractivity contribution in [3.8, 4) is 0 Å². The second kappa shape index (κ2) is 8.19. The summed E-state index contributed by atoms with van der Waals surface area (Å²) in [5.41, 5.74) is 0.223. The number of amides is 1. The smallest absolute Gasteiger partial charge is 0.295 e. The maximum atomic E-state index is 13.4. The molecule has 8 nitrogen and oxygen atoms in total. The van der Waals surface area contributed by atoms with Crippen LogP contribution < -0.4 is 0 Å². The summed E-state index contributed by atoms with van der Waals surface area (Å²) in [7, 11) is 1.44. The highest BCUT2D eigenvalue weighted by Crippen LogP contribution is 2.39. The molecule has 1 saturated heterocycles. The van der Waals surface area contributed by atoms with Crippen molar-refractivity contribution in [3.63, 3.8) is 0 Å². The van der Waals surface area contributed by atoms with E-state index in [0.717, 1.165) is 0 Å². The molecule has 2 aromatic carbocycles. The normalized spacial score (nSPS) is 18.3. The highest BCUT2D eigenvalue weighted by Gasteiger charge is 2.45. The van der Waals surface area contributed by atoms with Crippen molar-refractivity contribution in [1.82, 2.24) is 4.90 Å². The molecule has 0 spiro atoms.